The third-order valence-corrected chi connectivity index (χ3v) is 6.55. The zero-order valence-corrected chi connectivity index (χ0v) is 16.5. The molecule has 146 valence electrons. The molecule has 1 N–H and O–H groups in total. The maximum atomic E-state index is 13.6. The number of rotatable bonds is 5. The minimum Gasteiger partial charge on any atom is -0.389 e. The van der Waals surface area contributed by atoms with Gasteiger partial charge in [0.15, 0.2) is 0 Å². The average molecular weight is 405 g/mol. The van der Waals surface area contributed by atoms with Gasteiger partial charge in [-0.25, -0.2) is 12.4 Å². The highest BCUT2D eigenvalue weighted by molar-refractivity contribution is 7.90. The van der Waals surface area contributed by atoms with Gasteiger partial charge in [-0.15, -0.1) is 0 Å². The van der Waals surface area contributed by atoms with E-state index in [2.05, 4.69) is 0 Å². The Morgan fingerprint density at radius 1 is 0.862 bits per heavy atom. The van der Waals surface area contributed by atoms with Crippen molar-refractivity contribution in [3.05, 3.63) is 102 Å². The van der Waals surface area contributed by atoms with Crippen molar-refractivity contribution >= 4 is 26.7 Å². The average Bonchev–Trinajstić information content (AvgIpc) is 3.10. The summed E-state index contributed by atoms with van der Waals surface area (Å²) in [5.74, 6) is -0.461. The topological polar surface area (TPSA) is 76.4 Å². The Morgan fingerprint density at radius 3 is 2.03 bits per heavy atom. The van der Waals surface area contributed by atoms with Gasteiger partial charge in [0.1, 0.15) is 5.69 Å². The Kier molecular flexibility index (Phi) is 4.82. The zero-order valence-electron chi connectivity index (χ0n) is 15.7. The Balaban J connectivity index is 2.13. The first kappa shape index (κ1) is 19.1. The molecule has 0 spiro atoms. The van der Waals surface area contributed by atoms with Crippen LogP contribution in [0.5, 0.6) is 0 Å². The molecule has 5 nitrogen and oxygen atoms in total. The van der Waals surface area contributed by atoms with Gasteiger partial charge in [-0.05, 0) is 25.1 Å². The summed E-state index contributed by atoms with van der Waals surface area (Å²) < 4.78 is 28.2. The highest BCUT2D eigenvalue weighted by Crippen LogP contribution is 2.35. The molecule has 4 rings (SSSR count). The largest absolute Gasteiger partial charge is 0.389 e. The molecule has 4 aromatic rings. The minimum atomic E-state index is -4.08. The molecule has 1 atom stereocenters. The lowest BCUT2D eigenvalue weighted by atomic mass is 10.0. The molecule has 1 unspecified atom stereocenters. The summed E-state index contributed by atoms with van der Waals surface area (Å²) in [4.78, 5) is 13.5. The first-order valence-electron chi connectivity index (χ1n) is 9.14. The van der Waals surface area contributed by atoms with Crippen LogP contribution in [0.3, 0.4) is 0 Å². The first-order chi connectivity index (χ1) is 13.9. The molecule has 0 bridgehead atoms. The Labute approximate surface area is 168 Å². The first-order valence-corrected chi connectivity index (χ1v) is 10.6. The number of ketones is 1. The third kappa shape index (κ3) is 3.16. The number of hydrogen-bond acceptors (Lipinski definition) is 4. The summed E-state index contributed by atoms with van der Waals surface area (Å²) in [5.41, 5.74) is 0.957. The van der Waals surface area contributed by atoms with Crippen LogP contribution in [0.1, 0.15) is 34.6 Å². The maximum absolute atomic E-state index is 13.6. The van der Waals surface area contributed by atoms with Crippen molar-refractivity contribution in [2.24, 2.45) is 0 Å². The van der Waals surface area contributed by atoms with E-state index in [4.69, 9.17) is 0 Å². The quantitative estimate of drug-likeness (QED) is 0.506. The Bertz CT molecular complexity index is 1290. The number of carbonyl (C=O) groups is 1. The molecular formula is C23H19NO4S. The van der Waals surface area contributed by atoms with E-state index < -0.39 is 21.9 Å². The minimum absolute atomic E-state index is 0.0451. The van der Waals surface area contributed by atoms with Gasteiger partial charge in [-0.2, -0.15) is 0 Å². The van der Waals surface area contributed by atoms with Crippen LogP contribution in [0, 0.1) is 0 Å². The highest BCUT2D eigenvalue weighted by Gasteiger charge is 2.32. The van der Waals surface area contributed by atoms with Crippen molar-refractivity contribution in [1.29, 1.82) is 0 Å². The van der Waals surface area contributed by atoms with Gasteiger partial charge in [-0.3, -0.25) is 4.79 Å². The van der Waals surface area contributed by atoms with E-state index in [0.717, 1.165) is 3.97 Å². The van der Waals surface area contributed by atoms with Crippen LogP contribution in [-0.2, 0) is 10.0 Å². The van der Waals surface area contributed by atoms with E-state index in [1.165, 1.54) is 19.1 Å². The lowest BCUT2D eigenvalue weighted by Crippen LogP contribution is -2.20. The number of aliphatic hydroxyl groups excluding tert-OH is 1. The molecule has 0 aliphatic heterocycles. The summed E-state index contributed by atoms with van der Waals surface area (Å²) in [6.07, 6.45) is -1.03. The maximum Gasteiger partial charge on any atom is 0.268 e. The van der Waals surface area contributed by atoms with E-state index in [-0.39, 0.29) is 10.6 Å². The molecule has 0 fully saturated rings. The number of benzene rings is 3. The summed E-state index contributed by atoms with van der Waals surface area (Å²) in [5, 5.41) is 11.0. The van der Waals surface area contributed by atoms with Gasteiger partial charge in [0.2, 0.25) is 5.78 Å². The Hall–Kier alpha value is -3.22. The predicted octanol–water partition coefficient (Wildman–Crippen LogP) is 4.16. The van der Waals surface area contributed by atoms with Crippen LogP contribution in [0.25, 0.3) is 10.9 Å². The number of hydrogen-bond donors (Lipinski definition) is 1. The van der Waals surface area contributed by atoms with Gasteiger partial charge in [0.25, 0.3) is 10.0 Å². The van der Waals surface area contributed by atoms with E-state index in [1.54, 1.807) is 72.8 Å². The smallest absolute Gasteiger partial charge is 0.268 e. The van der Waals surface area contributed by atoms with Crippen LogP contribution in [0.2, 0.25) is 0 Å². The fraction of sp³-hybridized carbons (Fsp3) is 0.0870. The third-order valence-electron chi connectivity index (χ3n) is 4.82. The molecule has 0 saturated heterocycles. The molecule has 0 saturated carbocycles. The van der Waals surface area contributed by atoms with Crippen molar-refractivity contribution in [1.82, 2.24) is 3.97 Å². The molecule has 0 radical (unpaired) electrons. The van der Waals surface area contributed by atoms with E-state index in [0.29, 0.717) is 22.0 Å². The van der Waals surface area contributed by atoms with E-state index in [1.807, 2.05) is 0 Å². The second-order valence-electron chi connectivity index (χ2n) is 6.73. The monoisotopic (exact) mass is 405 g/mol. The SMILES string of the molecule is CC(O)c1c(C(=O)c2ccccc2)n(S(=O)(=O)c2ccccc2)c2ccccc12. The summed E-state index contributed by atoms with van der Waals surface area (Å²) >= 11 is 0. The number of nitrogens with zero attached hydrogens (tertiary/aromatic N) is 1. The molecule has 0 aliphatic carbocycles. The zero-order chi connectivity index (χ0) is 20.6. The predicted molar refractivity (Wildman–Crippen MR) is 111 cm³/mol. The second-order valence-corrected chi connectivity index (χ2v) is 8.52. The molecular weight excluding hydrogens is 386 g/mol. The van der Waals surface area contributed by atoms with Crippen molar-refractivity contribution < 1.29 is 18.3 Å². The number of fused-ring (bicyclic) bond motifs is 1. The molecule has 29 heavy (non-hydrogen) atoms. The summed E-state index contributed by atoms with van der Waals surface area (Å²) in [7, 11) is -4.08. The molecule has 6 heteroatoms. The van der Waals surface area contributed by atoms with Crippen LogP contribution in [-0.4, -0.2) is 23.3 Å². The van der Waals surface area contributed by atoms with Crippen molar-refractivity contribution in [3.63, 3.8) is 0 Å². The molecule has 3 aromatic carbocycles. The molecule has 0 aliphatic rings. The highest BCUT2D eigenvalue weighted by atomic mass is 32.2. The molecule has 0 amide bonds. The van der Waals surface area contributed by atoms with Gasteiger partial charge >= 0.3 is 0 Å². The standard InChI is InChI=1S/C23H19NO4S/c1-16(25)21-19-14-8-9-15-20(19)24(29(27,28)18-12-6-3-7-13-18)22(21)23(26)17-10-4-2-5-11-17/h2-16,25H,1H3. The van der Waals surface area contributed by atoms with Crippen LogP contribution >= 0.6 is 0 Å². The number of aromatic nitrogens is 1. The van der Waals surface area contributed by atoms with E-state index >= 15 is 0 Å². The molecule has 1 heterocycles. The van der Waals surface area contributed by atoms with Crippen LogP contribution in [0.15, 0.2) is 89.8 Å². The van der Waals surface area contributed by atoms with E-state index in [9.17, 15) is 18.3 Å². The fourth-order valence-electron chi connectivity index (χ4n) is 3.55. The van der Waals surface area contributed by atoms with Crippen LogP contribution < -0.4 is 0 Å². The van der Waals surface area contributed by atoms with Gasteiger partial charge in [0.05, 0.1) is 16.5 Å². The normalized spacial score (nSPS) is 12.8. The second kappa shape index (κ2) is 7.31. The fourth-order valence-corrected chi connectivity index (χ4v) is 5.10. The van der Waals surface area contributed by atoms with Gasteiger partial charge in [-0.1, -0.05) is 66.7 Å². The van der Waals surface area contributed by atoms with Crippen molar-refractivity contribution in [3.8, 4) is 0 Å². The van der Waals surface area contributed by atoms with Gasteiger partial charge in [0, 0.05) is 16.5 Å². The molecule has 1 aromatic heterocycles. The van der Waals surface area contributed by atoms with Crippen LogP contribution in [0.4, 0.5) is 0 Å². The lowest BCUT2D eigenvalue weighted by Gasteiger charge is -2.13. The Morgan fingerprint density at radius 2 is 1.41 bits per heavy atom. The number of aliphatic hydroxyl groups is 1. The van der Waals surface area contributed by atoms with Crippen molar-refractivity contribution in [2.45, 2.75) is 17.9 Å². The number of para-hydroxylation sites is 1. The lowest BCUT2D eigenvalue weighted by molar-refractivity contribution is 0.102. The number of carbonyl (C=O) groups excluding carboxylic acids is 1. The van der Waals surface area contributed by atoms with Gasteiger partial charge < -0.3 is 5.11 Å². The summed E-state index contributed by atoms with van der Waals surface area (Å²) in [6.45, 7) is 1.53. The summed E-state index contributed by atoms with van der Waals surface area (Å²) in [6, 6.07) is 23.3. The van der Waals surface area contributed by atoms with Crippen molar-refractivity contribution in [2.75, 3.05) is 0 Å².